The molecule has 3 rings (SSSR count). The van der Waals surface area contributed by atoms with Gasteiger partial charge in [-0.15, -0.1) is 0 Å². The predicted molar refractivity (Wildman–Crippen MR) is 91.0 cm³/mol. The second-order valence-electron chi connectivity index (χ2n) is 6.44. The van der Waals surface area contributed by atoms with Crippen LogP contribution in [0.1, 0.15) is 39.5 Å². The number of halogens is 1. The van der Waals surface area contributed by atoms with Gasteiger partial charge in [-0.25, -0.2) is 0 Å². The minimum atomic E-state index is 0.559. The van der Waals surface area contributed by atoms with Crippen LogP contribution in [-0.4, -0.2) is 11.0 Å². The van der Waals surface area contributed by atoms with E-state index in [1.165, 1.54) is 31.4 Å². The summed E-state index contributed by atoms with van der Waals surface area (Å²) in [6.07, 6.45) is 7.08. The summed E-state index contributed by atoms with van der Waals surface area (Å²) < 4.78 is 0. The molecule has 0 aliphatic heterocycles. The van der Waals surface area contributed by atoms with Gasteiger partial charge in [0, 0.05) is 23.3 Å². The van der Waals surface area contributed by atoms with Crippen LogP contribution in [0.25, 0.3) is 10.9 Å². The van der Waals surface area contributed by atoms with Gasteiger partial charge in [0.1, 0.15) is 0 Å². The number of hydrogen-bond donors (Lipinski definition) is 1. The van der Waals surface area contributed by atoms with Crippen LogP contribution in [-0.2, 0) is 0 Å². The highest BCUT2D eigenvalue weighted by atomic mass is 35.5. The number of benzene rings is 1. The summed E-state index contributed by atoms with van der Waals surface area (Å²) in [7, 11) is 0. The number of fused-ring (bicyclic) bond motifs is 1. The molecule has 2 nitrogen and oxygen atoms in total. The Bertz CT molecular complexity index is 624. The molecule has 2 atom stereocenters. The van der Waals surface area contributed by atoms with Crippen molar-refractivity contribution in [3.05, 3.63) is 35.5 Å². The lowest BCUT2D eigenvalue weighted by Gasteiger charge is -2.35. The Labute approximate surface area is 131 Å². The van der Waals surface area contributed by atoms with Crippen molar-refractivity contribution in [3.63, 3.8) is 0 Å². The summed E-state index contributed by atoms with van der Waals surface area (Å²) in [5.74, 6) is 1.47. The predicted octanol–water partition coefficient (Wildman–Crippen LogP) is 5.51. The Hall–Kier alpha value is -1.28. The van der Waals surface area contributed by atoms with Gasteiger partial charge >= 0.3 is 0 Å². The molecule has 1 aromatic carbocycles. The third-order valence-corrected chi connectivity index (χ3v) is 5.04. The fraction of sp³-hybridized carbons (Fsp3) is 0.500. The lowest BCUT2D eigenvalue weighted by molar-refractivity contribution is 0.254. The number of anilines is 1. The van der Waals surface area contributed by atoms with Crippen LogP contribution < -0.4 is 5.32 Å². The Balaban J connectivity index is 1.92. The molecule has 1 aliphatic carbocycles. The van der Waals surface area contributed by atoms with Gasteiger partial charge in [0.2, 0.25) is 0 Å². The zero-order chi connectivity index (χ0) is 14.8. The van der Waals surface area contributed by atoms with Gasteiger partial charge in [0.25, 0.3) is 0 Å². The first-order valence-electron chi connectivity index (χ1n) is 7.96. The molecule has 0 saturated heterocycles. The minimum Gasteiger partial charge on any atom is -0.381 e. The molecule has 0 amide bonds. The van der Waals surface area contributed by atoms with E-state index >= 15 is 0 Å². The largest absolute Gasteiger partial charge is 0.381 e. The summed E-state index contributed by atoms with van der Waals surface area (Å²) >= 11 is 6.26. The highest BCUT2D eigenvalue weighted by Gasteiger charge is 2.27. The molecule has 0 radical (unpaired) electrons. The van der Waals surface area contributed by atoms with Gasteiger partial charge in [-0.2, -0.15) is 0 Å². The summed E-state index contributed by atoms with van der Waals surface area (Å²) in [6.45, 7) is 4.68. The van der Waals surface area contributed by atoms with Gasteiger partial charge in [-0.3, -0.25) is 4.98 Å². The molecule has 0 spiro atoms. The average Bonchev–Trinajstić information content (AvgIpc) is 2.51. The highest BCUT2D eigenvalue weighted by Crippen LogP contribution is 2.35. The molecular weight excluding hydrogens is 280 g/mol. The van der Waals surface area contributed by atoms with Crippen molar-refractivity contribution < 1.29 is 0 Å². The van der Waals surface area contributed by atoms with Crippen LogP contribution in [0.4, 0.5) is 5.69 Å². The van der Waals surface area contributed by atoms with E-state index in [1.54, 1.807) is 6.20 Å². The lowest BCUT2D eigenvalue weighted by atomic mass is 9.77. The summed E-state index contributed by atoms with van der Waals surface area (Å²) in [5.41, 5.74) is 2.06. The standard InChI is InChI=1S/C18H23ClN2/c1-12(2)13-6-3-4-8-16(13)21-17-10-9-15(19)18-14(17)7-5-11-20-18/h5,7,9-13,16,21H,3-4,6,8H2,1-2H3. The fourth-order valence-corrected chi connectivity index (χ4v) is 3.81. The Kier molecular flexibility index (Phi) is 4.34. The van der Waals surface area contributed by atoms with E-state index in [2.05, 4.69) is 36.3 Å². The van der Waals surface area contributed by atoms with E-state index in [1.807, 2.05) is 12.1 Å². The van der Waals surface area contributed by atoms with Gasteiger partial charge in [-0.1, -0.05) is 38.3 Å². The highest BCUT2D eigenvalue weighted by molar-refractivity contribution is 6.35. The second-order valence-corrected chi connectivity index (χ2v) is 6.84. The molecule has 2 unspecified atom stereocenters. The maximum atomic E-state index is 6.26. The summed E-state index contributed by atoms with van der Waals surface area (Å²) in [4.78, 5) is 4.42. The Morgan fingerprint density at radius 3 is 2.81 bits per heavy atom. The molecule has 3 heteroatoms. The van der Waals surface area contributed by atoms with E-state index < -0.39 is 0 Å². The number of aromatic nitrogens is 1. The fourth-order valence-electron chi connectivity index (χ4n) is 3.60. The number of nitrogens with zero attached hydrogens (tertiary/aromatic N) is 1. The van der Waals surface area contributed by atoms with E-state index in [0.717, 1.165) is 27.8 Å². The molecule has 0 bridgehead atoms. The molecule has 112 valence electrons. The van der Waals surface area contributed by atoms with Gasteiger partial charge in [0.15, 0.2) is 0 Å². The van der Waals surface area contributed by atoms with E-state index in [0.29, 0.717) is 6.04 Å². The molecule has 1 heterocycles. The minimum absolute atomic E-state index is 0.559. The van der Waals surface area contributed by atoms with Crippen LogP contribution in [0.2, 0.25) is 5.02 Å². The van der Waals surface area contributed by atoms with E-state index in [4.69, 9.17) is 11.6 Å². The maximum Gasteiger partial charge on any atom is 0.0908 e. The van der Waals surface area contributed by atoms with Crippen molar-refractivity contribution in [2.45, 2.75) is 45.6 Å². The second kappa shape index (κ2) is 6.23. The number of hydrogen-bond acceptors (Lipinski definition) is 2. The van der Waals surface area contributed by atoms with Crippen molar-refractivity contribution in [2.24, 2.45) is 11.8 Å². The molecule has 1 aliphatic rings. The van der Waals surface area contributed by atoms with Gasteiger partial charge < -0.3 is 5.32 Å². The van der Waals surface area contributed by atoms with Gasteiger partial charge in [-0.05, 0) is 48.9 Å². The molecular formula is C18H23ClN2. The molecule has 2 aromatic rings. The average molecular weight is 303 g/mol. The van der Waals surface area contributed by atoms with Crippen LogP contribution in [0.15, 0.2) is 30.5 Å². The third-order valence-electron chi connectivity index (χ3n) is 4.74. The van der Waals surface area contributed by atoms with Crippen LogP contribution in [0, 0.1) is 11.8 Å². The zero-order valence-electron chi connectivity index (χ0n) is 12.8. The number of pyridine rings is 1. The first-order valence-corrected chi connectivity index (χ1v) is 8.34. The monoisotopic (exact) mass is 302 g/mol. The van der Waals surface area contributed by atoms with Crippen molar-refractivity contribution in [2.75, 3.05) is 5.32 Å². The first kappa shape index (κ1) is 14.6. The maximum absolute atomic E-state index is 6.26. The van der Waals surface area contributed by atoms with Gasteiger partial charge in [0.05, 0.1) is 10.5 Å². The van der Waals surface area contributed by atoms with Crippen LogP contribution >= 0.6 is 11.6 Å². The first-order chi connectivity index (χ1) is 10.2. The molecule has 1 fully saturated rings. The molecule has 1 aromatic heterocycles. The number of nitrogens with one attached hydrogen (secondary N) is 1. The van der Waals surface area contributed by atoms with Crippen molar-refractivity contribution in [1.29, 1.82) is 0 Å². The quantitative estimate of drug-likeness (QED) is 0.808. The van der Waals surface area contributed by atoms with E-state index in [-0.39, 0.29) is 0 Å². The van der Waals surface area contributed by atoms with Crippen LogP contribution in [0.3, 0.4) is 0 Å². The zero-order valence-corrected chi connectivity index (χ0v) is 13.5. The molecule has 1 N–H and O–H groups in total. The van der Waals surface area contributed by atoms with Crippen molar-refractivity contribution >= 4 is 28.2 Å². The summed E-state index contributed by atoms with van der Waals surface area (Å²) in [6, 6.07) is 8.68. The Morgan fingerprint density at radius 2 is 2.00 bits per heavy atom. The van der Waals surface area contributed by atoms with E-state index in [9.17, 15) is 0 Å². The lowest BCUT2D eigenvalue weighted by Crippen LogP contribution is -2.35. The molecule has 21 heavy (non-hydrogen) atoms. The van der Waals surface area contributed by atoms with Crippen molar-refractivity contribution in [1.82, 2.24) is 4.98 Å². The smallest absolute Gasteiger partial charge is 0.0908 e. The topological polar surface area (TPSA) is 24.9 Å². The SMILES string of the molecule is CC(C)C1CCCCC1Nc1ccc(Cl)c2ncccc12. The summed E-state index contributed by atoms with van der Waals surface area (Å²) in [5, 5.41) is 5.63. The Morgan fingerprint density at radius 1 is 1.19 bits per heavy atom. The third kappa shape index (κ3) is 3.01. The van der Waals surface area contributed by atoms with Crippen molar-refractivity contribution in [3.8, 4) is 0 Å². The van der Waals surface area contributed by atoms with Crippen LogP contribution in [0.5, 0.6) is 0 Å². The normalized spacial score (nSPS) is 22.7. The molecule has 1 saturated carbocycles. The number of rotatable bonds is 3.